The van der Waals surface area contributed by atoms with Gasteiger partial charge in [0.15, 0.2) is 0 Å². The van der Waals surface area contributed by atoms with E-state index >= 15 is 0 Å². The van der Waals surface area contributed by atoms with E-state index in [2.05, 4.69) is 10.4 Å². The summed E-state index contributed by atoms with van der Waals surface area (Å²) in [4.78, 5) is 0. The minimum atomic E-state index is 0.135. The monoisotopic (exact) mass is 252 g/mol. The molecule has 0 radical (unpaired) electrons. The minimum absolute atomic E-state index is 0.135. The highest BCUT2D eigenvalue weighted by Gasteiger charge is 2.26. The zero-order valence-electron chi connectivity index (χ0n) is 11.0. The maximum absolute atomic E-state index is 9.43. The van der Waals surface area contributed by atoms with Crippen molar-refractivity contribution in [3.63, 3.8) is 0 Å². The zero-order chi connectivity index (χ0) is 13.0. The van der Waals surface area contributed by atoms with Crippen LogP contribution in [0.1, 0.15) is 37.3 Å². The van der Waals surface area contributed by atoms with Crippen LogP contribution in [-0.2, 0) is 7.05 Å². The SMILES string of the molecule is Cn1cc(C(CN)NC2CCCCC2CO)cn1. The molecule has 0 spiro atoms. The summed E-state index contributed by atoms with van der Waals surface area (Å²) < 4.78 is 1.80. The maximum Gasteiger partial charge on any atom is 0.0538 e. The number of nitrogens with two attached hydrogens (primary N) is 1. The van der Waals surface area contributed by atoms with Crippen LogP contribution in [0.15, 0.2) is 12.4 Å². The van der Waals surface area contributed by atoms with Crippen LogP contribution in [0.3, 0.4) is 0 Å². The van der Waals surface area contributed by atoms with Crippen molar-refractivity contribution in [2.75, 3.05) is 13.2 Å². The van der Waals surface area contributed by atoms with E-state index in [0.29, 0.717) is 18.5 Å². The summed E-state index contributed by atoms with van der Waals surface area (Å²) in [6, 6.07) is 0.508. The quantitative estimate of drug-likeness (QED) is 0.716. The van der Waals surface area contributed by atoms with Gasteiger partial charge in [-0.25, -0.2) is 0 Å². The van der Waals surface area contributed by atoms with Gasteiger partial charge in [0.25, 0.3) is 0 Å². The van der Waals surface area contributed by atoms with Crippen LogP contribution in [0, 0.1) is 5.92 Å². The molecule has 3 unspecified atom stereocenters. The first kappa shape index (κ1) is 13.5. The Morgan fingerprint density at radius 3 is 2.94 bits per heavy atom. The van der Waals surface area contributed by atoms with Crippen molar-refractivity contribution in [1.29, 1.82) is 0 Å². The molecule has 0 bridgehead atoms. The standard InChI is InChI=1S/C13H24N4O/c1-17-8-11(7-15-17)13(6-14)16-12-5-3-2-4-10(12)9-18/h7-8,10,12-13,16,18H,2-6,9,14H2,1H3. The van der Waals surface area contributed by atoms with E-state index in [0.717, 1.165) is 18.4 Å². The fraction of sp³-hybridized carbons (Fsp3) is 0.769. The fourth-order valence-corrected chi connectivity index (χ4v) is 2.82. The number of nitrogens with zero attached hydrogens (tertiary/aromatic N) is 2. The van der Waals surface area contributed by atoms with E-state index in [1.807, 2.05) is 19.4 Å². The number of hydrogen-bond acceptors (Lipinski definition) is 4. The fourth-order valence-electron chi connectivity index (χ4n) is 2.82. The molecule has 102 valence electrons. The Morgan fingerprint density at radius 2 is 2.33 bits per heavy atom. The van der Waals surface area contributed by atoms with Crippen LogP contribution in [-0.4, -0.2) is 34.1 Å². The molecule has 1 aliphatic carbocycles. The van der Waals surface area contributed by atoms with Gasteiger partial charge in [-0.2, -0.15) is 5.10 Å². The van der Waals surface area contributed by atoms with Crippen molar-refractivity contribution in [1.82, 2.24) is 15.1 Å². The molecule has 0 aromatic carbocycles. The van der Waals surface area contributed by atoms with Crippen molar-refractivity contribution >= 4 is 0 Å². The Bertz CT molecular complexity index is 366. The number of aromatic nitrogens is 2. The molecule has 4 N–H and O–H groups in total. The Hall–Kier alpha value is -0.910. The first-order valence-corrected chi connectivity index (χ1v) is 6.80. The summed E-state index contributed by atoms with van der Waals surface area (Å²) in [5.74, 6) is 0.365. The molecule has 1 saturated carbocycles. The molecule has 5 heteroatoms. The third-order valence-electron chi connectivity index (χ3n) is 3.92. The highest BCUT2D eigenvalue weighted by atomic mass is 16.3. The number of aliphatic hydroxyl groups is 1. The Kier molecular flexibility index (Phi) is 4.74. The average molecular weight is 252 g/mol. The van der Waals surface area contributed by atoms with Crippen LogP contribution < -0.4 is 11.1 Å². The second-order valence-corrected chi connectivity index (χ2v) is 5.24. The molecule has 2 rings (SSSR count). The Morgan fingerprint density at radius 1 is 1.56 bits per heavy atom. The summed E-state index contributed by atoms with van der Waals surface area (Å²) in [7, 11) is 1.91. The molecule has 5 nitrogen and oxygen atoms in total. The van der Waals surface area contributed by atoms with Gasteiger partial charge in [-0.1, -0.05) is 12.8 Å². The molecular weight excluding hydrogens is 228 g/mol. The number of aliphatic hydroxyl groups excluding tert-OH is 1. The largest absolute Gasteiger partial charge is 0.396 e. The van der Waals surface area contributed by atoms with Gasteiger partial charge in [-0.3, -0.25) is 4.68 Å². The molecular formula is C13H24N4O. The van der Waals surface area contributed by atoms with E-state index in [1.165, 1.54) is 12.8 Å². The van der Waals surface area contributed by atoms with Gasteiger partial charge in [0.05, 0.1) is 6.20 Å². The van der Waals surface area contributed by atoms with E-state index in [-0.39, 0.29) is 12.6 Å². The smallest absolute Gasteiger partial charge is 0.0538 e. The van der Waals surface area contributed by atoms with Gasteiger partial charge in [0.2, 0.25) is 0 Å². The van der Waals surface area contributed by atoms with Crippen LogP contribution in [0.2, 0.25) is 0 Å². The first-order chi connectivity index (χ1) is 8.74. The predicted molar refractivity (Wildman–Crippen MR) is 71.0 cm³/mol. The molecule has 18 heavy (non-hydrogen) atoms. The summed E-state index contributed by atoms with van der Waals surface area (Å²) in [6.45, 7) is 0.822. The number of nitrogens with one attached hydrogen (secondary N) is 1. The maximum atomic E-state index is 9.43. The molecule has 1 aromatic heterocycles. The van der Waals surface area contributed by atoms with Crippen molar-refractivity contribution in [3.8, 4) is 0 Å². The summed E-state index contributed by atoms with van der Waals surface area (Å²) in [5, 5.41) is 17.2. The van der Waals surface area contributed by atoms with Crippen molar-refractivity contribution in [2.24, 2.45) is 18.7 Å². The minimum Gasteiger partial charge on any atom is -0.396 e. The third kappa shape index (κ3) is 3.10. The summed E-state index contributed by atoms with van der Waals surface area (Å²) >= 11 is 0. The van der Waals surface area contributed by atoms with Crippen LogP contribution in [0.5, 0.6) is 0 Å². The van der Waals surface area contributed by atoms with E-state index < -0.39 is 0 Å². The topological polar surface area (TPSA) is 76.1 Å². The molecule has 0 aliphatic heterocycles. The molecule has 1 fully saturated rings. The van der Waals surface area contributed by atoms with Gasteiger partial charge in [-0.15, -0.1) is 0 Å². The molecule has 0 amide bonds. The summed E-state index contributed by atoms with van der Waals surface area (Å²) in [5.41, 5.74) is 6.98. The molecule has 1 aliphatic rings. The zero-order valence-corrected chi connectivity index (χ0v) is 11.0. The Balaban J connectivity index is 2.00. The summed E-state index contributed by atoms with van der Waals surface area (Å²) in [6.07, 6.45) is 8.56. The number of rotatable bonds is 5. The highest BCUT2D eigenvalue weighted by molar-refractivity contribution is 5.11. The van der Waals surface area contributed by atoms with Crippen LogP contribution in [0.4, 0.5) is 0 Å². The van der Waals surface area contributed by atoms with Gasteiger partial charge in [0.1, 0.15) is 0 Å². The number of aryl methyl sites for hydroxylation is 1. The number of hydrogen-bond donors (Lipinski definition) is 3. The molecule has 1 heterocycles. The second kappa shape index (κ2) is 6.31. The van der Waals surface area contributed by atoms with Crippen LogP contribution >= 0.6 is 0 Å². The lowest BCUT2D eigenvalue weighted by Gasteiger charge is -2.33. The Labute approximate surface area is 108 Å². The predicted octanol–water partition coefficient (Wildman–Crippen LogP) is 0.561. The van der Waals surface area contributed by atoms with Gasteiger partial charge < -0.3 is 16.2 Å². The highest BCUT2D eigenvalue weighted by Crippen LogP contribution is 2.26. The van der Waals surface area contributed by atoms with E-state index in [4.69, 9.17) is 5.73 Å². The van der Waals surface area contributed by atoms with Crippen molar-refractivity contribution in [2.45, 2.75) is 37.8 Å². The van der Waals surface area contributed by atoms with E-state index in [9.17, 15) is 5.11 Å². The first-order valence-electron chi connectivity index (χ1n) is 6.80. The average Bonchev–Trinajstić information content (AvgIpc) is 2.83. The van der Waals surface area contributed by atoms with E-state index in [1.54, 1.807) is 4.68 Å². The van der Waals surface area contributed by atoms with Gasteiger partial charge >= 0.3 is 0 Å². The second-order valence-electron chi connectivity index (χ2n) is 5.24. The van der Waals surface area contributed by atoms with Crippen molar-refractivity contribution < 1.29 is 5.11 Å². The van der Waals surface area contributed by atoms with Crippen LogP contribution in [0.25, 0.3) is 0 Å². The molecule has 1 aromatic rings. The molecule has 3 atom stereocenters. The lowest BCUT2D eigenvalue weighted by atomic mass is 9.84. The van der Waals surface area contributed by atoms with Crippen molar-refractivity contribution in [3.05, 3.63) is 18.0 Å². The lowest BCUT2D eigenvalue weighted by Crippen LogP contribution is -2.44. The molecule has 0 saturated heterocycles. The normalized spacial score (nSPS) is 26.2. The lowest BCUT2D eigenvalue weighted by molar-refractivity contribution is 0.146. The van der Waals surface area contributed by atoms with Gasteiger partial charge in [0, 0.05) is 44.0 Å². The third-order valence-corrected chi connectivity index (χ3v) is 3.92. The van der Waals surface area contributed by atoms with Gasteiger partial charge in [-0.05, 0) is 18.8 Å².